The molecule has 1 aliphatic rings. The van der Waals surface area contributed by atoms with E-state index in [2.05, 4.69) is 16.4 Å². The fourth-order valence-electron chi connectivity index (χ4n) is 5.06. The number of nitrogens with one attached hydrogen (secondary N) is 1. The van der Waals surface area contributed by atoms with E-state index in [4.69, 9.17) is 14.2 Å². The first-order valence-corrected chi connectivity index (χ1v) is 15.1. The van der Waals surface area contributed by atoms with Crippen LogP contribution in [0, 0.1) is 0 Å². The van der Waals surface area contributed by atoms with Crippen molar-refractivity contribution in [3.05, 3.63) is 101 Å². The molecule has 236 valence electrons. The number of rotatable bonds is 11. The average molecular weight is 613 g/mol. The highest BCUT2D eigenvalue weighted by molar-refractivity contribution is 6.41. The molecule has 1 unspecified atom stereocenters. The zero-order valence-electron chi connectivity index (χ0n) is 26.3. The van der Waals surface area contributed by atoms with Crippen molar-refractivity contribution in [2.24, 2.45) is 4.99 Å². The monoisotopic (exact) mass is 612 g/mol. The fraction of sp³-hybridized carbons (Fsp3) is 0.361. The first-order valence-electron chi connectivity index (χ1n) is 15.1. The van der Waals surface area contributed by atoms with Crippen LogP contribution in [0.3, 0.4) is 0 Å². The van der Waals surface area contributed by atoms with Crippen LogP contribution in [0.5, 0.6) is 5.75 Å². The van der Waals surface area contributed by atoms with E-state index in [0.717, 1.165) is 36.0 Å². The molecule has 45 heavy (non-hydrogen) atoms. The zero-order valence-corrected chi connectivity index (χ0v) is 26.3. The van der Waals surface area contributed by atoms with Crippen LogP contribution >= 0.6 is 0 Å². The summed E-state index contributed by atoms with van der Waals surface area (Å²) in [7, 11) is 1.34. The Morgan fingerprint density at radius 3 is 2.27 bits per heavy atom. The first kappa shape index (κ1) is 33.1. The van der Waals surface area contributed by atoms with E-state index in [-0.39, 0.29) is 36.9 Å². The van der Waals surface area contributed by atoms with Gasteiger partial charge in [-0.1, -0.05) is 48.5 Å². The van der Waals surface area contributed by atoms with Crippen molar-refractivity contribution in [2.75, 3.05) is 7.11 Å². The molecular formula is C36H40N2O7. The second kappa shape index (κ2) is 15.3. The Labute approximate surface area is 264 Å². The maximum absolute atomic E-state index is 13.3. The van der Waals surface area contributed by atoms with Gasteiger partial charge in [0, 0.05) is 19.3 Å². The van der Waals surface area contributed by atoms with Gasteiger partial charge < -0.3 is 19.5 Å². The number of hydrogen-bond acceptors (Lipinski definition) is 7. The summed E-state index contributed by atoms with van der Waals surface area (Å²) in [5, 5.41) is 3.07. The molecule has 3 aromatic carbocycles. The highest BCUT2D eigenvalue weighted by Gasteiger charge is 2.23. The van der Waals surface area contributed by atoms with Crippen LogP contribution in [0.2, 0.25) is 0 Å². The van der Waals surface area contributed by atoms with Crippen molar-refractivity contribution in [2.45, 2.75) is 77.5 Å². The normalized spacial score (nSPS) is 14.6. The molecule has 0 spiro atoms. The smallest absolute Gasteiger partial charge is 0.434 e. The van der Waals surface area contributed by atoms with Gasteiger partial charge in [0.2, 0.25) is 5.91 Å². The minimum absolute atomic E-state index is 0.0156. The van der Waals surface area contributed by atoms with Gasteiger partial charge in [-0.25, -0.2) is 9.59 Å². The number of benzene rings is 3. The molecule has 0 radical (unpaired) electrons. The lowest BCUT2D eigenvalue weighted by Crippen LogP contribution is -2.31. The number of amides is 2. The lowest BCUT2D eigenvalue weighted by atomic mass is 9.87. The molecule has 1 aliphatic carbocycles. The summed E-state index contributed by atoms with van der Waals surface area (Å²) in [5.41, 5.74) is 3.69. The number of carbonyl (C=O) groups excluding carboxylic acids is 4. The summed E-state index contributed by atoms with van der Waals surface area (Å²) in [6, 6.07) is 22.1. The molecule has 0 saturated carbocycles. The summed E-state index contributed by atoms with van der Waals surface area (Å²) in [5.74, 6) is -0.410. The quantitative estimate of drug-likeness (QED) is 0.194. The van der Waals surface area contributed by atoms with Crippen molar-refractivity contribution in [3.63, 3.8) is 0 Å². The molecule has 0 aromatic heterocycles. The molecule has 0 aliphatic heterocycles. The van der Waals surface area contributed by atoms with Crippen molar-refractivity contribution in [3.8, 4) is 5.75 Å². The number of ether oxygens (including phenoxy) is 3. The Hall–Kier alpha value is -4.79. The lowest BCUT2D eigenvalue weighted by molar-refractivity contribution is -0.124. The van der Waals surface area contributed by atoms with E-state index in [0.29, 0.717) is 17.9 Å². The van der Waals surface area contributed by atoms with Crippen LogP contribution in [0.15, 0.2) is 77.8 Å². The summed E-state index contributed by atoms with van der Waals surface area (Å²) >= 11 is 0. The van der Waals surface area contributed by atoms with Gasteiger partial charge in [-0.2, -0.15) is 4.99 Å². The van der Waals surface area contributed by atoms with Crippen LogP contribution in [0.1, 0.15) is 85.1 Å². The Kier molecular flexibility index (Phi) is 11.2. The van der Waals surface area contributed by atoms with Crippen LogP contribution < -0.4 is 10.1 Å². The Balaban J connectivity index is 1.37. The van der Waals surface area contributed by atoms with Gasteiger partial charge in [0.15, 0.2) is 5.78 Å². The maximum Gasteiger partial charge on any atom is 0.434 e. The predicted molar refractivity (Wildman–Crippen MR) is 170 cm³/mol. The van der Waals surface area contributed by atoms with Gasteiger partial charge in [-0.3, -0.25) is 9.59 Å². The van der Waals surface area contributed by atoms with Crippen LogP contribution in [0.25, 0.3) is 0 Å². The largest absolute Gasteiger partial charge is 0.489 e. The number of esters is 1. The van der Waals surface area contributed by atoms with E-state index < -0.39 is 23.4 Å². The molecule has 2 amide bonds. The first-order chi connectivity index (χ1) is 21.5. The summed E-state index contributed by atoms with van der Waals surface area (Å²) in [6.07, 6.45) is 1.96. The molecule has 1 atom stereocenters. The minimum Gasteiger partial charge on any atom is -0.489 e. The Morgan fingerprint density at radius 1 is 0.889 bits per heavy atom. The third-order valence-corrected chi connectivity index (χ3v) is 7.30. The number of ketones is 1. The second-order valence-corrected chi connectivity index (χ2v) is 12.0. The minimum atomic E-state index is -0.854. The third kappa shape index (κ3) is 10.1. The van der Waals surface area contributed by atoms with E-state index in [1.165, 1.54) is 12.7 Å². The molecule has 0 bridgehead atoms. The van der Waals surface area contributed by atoms with Crippen molar-refractivity contribution >= 4 is 29.5 Å². The molecule has 4 rings (SSSR count). The molecule has 9 nitrogen and oxygen atoms in total. The zero-order chi connectivity index (χ0) is 32.4. The van der Waals surface area contributed by atoms with Crippen molar-refractivity contribution in [1.82, 2.24) is 5.32 Å². The molecule has 0 fully saturated rings. The van der Waals surface area contributed by atoms with Crippen molar-refractivity contribution in [1.29, 1.82) is 0 Å². The van der Waals surface area contributed by atoms with Crippen molar-refractivity contribution < 1.29 is 33.4 Å². The van der Waals surface area contributed by atoms with E-state index in [9.17, 15) is 19.2 Å². The number of carbonyl (C=O) groups is 4. The van der Waals surface area contributed by atoms with Gasteiger partial charge in [-0.05, 0) is 86.6 Å². The molecular weight excluding hydrogens is 572 g/mol. The van der Waals surface area contributed by atoms with Crippen LogP contribution in [0.4, 0.5) is 4.79 Å². The highest BCUT2D eigenvalue weighted by atomic mass is 16.6. The van der Waals surface area contributed by atoms with E-state index in [1.54, 1.807) is 69.3 Å². The van der Waals surface area contributed by atoms with E-state index >= 15 is 0 Å². The van der Waals surface area contributed by atoms with Gasteiger partial charge in [0.05, 0.1) is 24.4 Å². The highest BCUT2D eigenvalue weighted by Crippen LogP contribution is 2.29. The Morgan fingerprint density at radius 2 is 1.58 bits per heavy atom. The van der Waals surface area contributed by atoms with E-state index in [1.807, 2.05) is 18.2 Å². The second-order valence-electron chi connectivity index (χ2n) is 12.0. The molecule has 0 heterocycles. The lowest BCUT2D eigenvalue weighted by Gasteiger charge is -2.26. The molecule has 3 aromatic rings. The number of methoxy groups -OCH3 is 1. The predicted octanol–water partition coefficient (Wildman–Crippen LogP) is 6.51. The number of Topliss-reactive ketones (excluding diaryl/α,β-unsaturated/α-hetero) is 1. The van der Waals surface area contributed by atoms with Gasteiger partial charge in [0.1, 0.15) is 18.0 Å². The Bertz CT molecular complexity index is 1540. The van der Waals surface area contributed by atoms with Gasteiger partial charge in [-0.15, -0.1) is 0 Å². The summed E-state index contributed by atoms with van der Waals surface area (Å²) in [4.78, 5) is 54.3. The summed E-state index contributed by atoms with van der Waals surface area (Å²) in [6.45, 7) is 5.46. The molecule has 1 N–H and O–H groups in total. The number of aliphatic imine (C=N–C) groups is 1. The topological polar surface area (TPSA) is 120 Å². The van der Waals surface area contributed by atoms with Crippen LogP contribution in [-0.4, -0.2) is 42.2 Å². The average Bonchev–Trinajstić information content (AvgIpc) is 3.02. The summed E-state index contributed by atoms with van der Waals surface area (Å²) < 4.78 is 15.9. The van der Waals surface area contributed by atoms with Crippen LogP contribution in [-0.2, 0) is 38.5 Å². The fourth-order valence-corrected chi connectivity index (χ4v) is 5.06. The SMILES string of the molecule is COC(=O)c1ccc(COc2ccc(CC(=NC(=O)OC(C)(C)C)C(=O)CCC(=O)NC3CCCc4ccccc43)cc2)cc1. The number of nitrogens with zero attached hydrogens (tertiary/aromatic N) is 1. The van der Waals surface area contributed by atoms with Gasteiger partial charge in [0.25, 0.3) is 0 Å². The maximum atomic E-state index is 13.3. The van der Waals surface area contributed by atoms with Gasteiger partial charge >= 0.3 is 12.1 Å². The number of hydrogen-bond donors (Lipinski definition) is 1. The number of aryl methyl sites for hydroxylation is 1. The molecule has 0 saturated heterocycles. The number of fused-ring (bicyclic) bond motifs is 1. The molecule has 9 heteroatoms. The third-order valence-electron chi connectivity index (χ3n) is 7.30. The standard InChI is InChI=1S/C36H40N2O7/c1-36(2,3)45-35(42)38-31(32(39)20-21-33(40)37-30-11-7-9-26-8-5-6-10-29(26)30)22-24-14-18-28(19-15-24)44-23-25-12-16-27(17-13-25)34(41)43-4/h5-6,8,10,12-19,30H,7,9,11,20-23H2,1-4H3,(H,37,40).